The monoisotopic (exact) mass is 282 g/mol. The van der Waals surface area contributed by atoms with E-state index in [0.717, 1.165) is 16.3 Å². The SMILES string of the molecule is CNC(c1ccc(C(F)F)cc1)c1nc(C)c(C)s1. The zero-order valence-corrected chi connectivity index (χ0v) is 11.9. The van der Waals surface area contributed by atoms with Crippen LogP contribution in [0.5, 0.6) is 0 Å². The van der Waals surface area contributed by atoms with Crippen molar-refractivity contribution in [2.75, 3.05) is 7.05 Å². The average Bonchev–Trinajstić information content (AvgIpc) is 2.71. The van der Waals surface area contributed by atoms with Crippen LogP contribution >= 0.6 is 11.3 Å². The van der Waals surface area contributed by atoms with Crippen LogP contribution in [0, 0.1) is 13.8 Å². The Morgan fingerprint density at radius 2 is 1.68 bits per heavy atom. The molecule has 0 saturated heterocycles. The van der Waals surface area contributed by atoms with Gasteiger partial charge in [-0.1, -0.05) is 24.3 Å². The maximum absolute atomic E-state index is 12.5. The predicted molar refractivity (Wildman–Crippen MR) is 73.9 cm³/mol. The van der Waals surface area contributed by atoms with Gasteiger partial charge in [0.2, 0.25) is 0 Å². The molecule has 19 heavy (non-hydrogen) atoms. The summed E-state index contributed by atoms with van der Waals surface area (Å²) in [5.74, 6) is 0. The molecular formula is C14H16F2N2S. The highest BCUT2D eigenvalue weighted by molar-refractivity contribution is 7.11. The lowest BCUT2D eigenvalue weighted by Crippen LogP contribution is -2.17. The summed E-state index contributed by atoms with van der Waals surface area (Å²) < 4.78 is 25.1. The molecule has 0 amide bonds. The molecule has 0 aliphatic carbocycles. The van der Waals surface area contributed by atoms with Crippen LogP contribution in [0.3, 0.4) is 0 Å². The number of nitrogens with zero attached hydrogens (tertiary/aromatic N) is 1. The van der Waals surface area contributed by atoms with E-state index in [1.807, 2.05) is 20.9 Å². The second-order valence-corrected chi connectivity index (χ2v) is 5.62. The Bertz CT molecular complexity index is 530. The number of rotatable bonds is 4. The zero-order valence-electron chi connectivity index (χ0n) is 11.1. The third kappa shape index (κ3) is 2.98. The lowest BCUT2D eigenvalue weighted by Gasteiger charge is -2.14. The third-order valence-corrected chi connectivity index (χ3v) is 4.24. The van der Waals surface area contributed by atoms with E-state index in [0.29, 0.717) is 0 Å². The van der Waals surface area contributed by atoms with Crippen LogP contribution in [-0.2, 0) is 0 Å². The van der Waals surface area contributed by atoms with Gasteiger partial charge in [0, 0.05) is 10.4 Å². The fraction of sp³-hybridized carbons (Fsp3) is 0.357. The Kier molecular flexibility index (Phi) is 4.27. The highest BCUT2D eigenvalue weighted by Gasteiger charge is 2.17. The lowest BCUT2D eigenvalue weighted by atomic mass is 10.1. The maximum Gasteiger partial charge on any atom is 0.263 e. The van der Waals surface area contributed by atoms with Crippen LogP contribution in [-0.4, -0.2) is 12.0 Å². The first kappa shape index (κ1) is 14.1. The Balaban J connectivity index is 2.31. The number of aromatic nitrogens is 1. The number of hydrogen-bond acceptors (Lipinski definition) is 3. The number of aryl methyl sites for hydroxylation is 2. The molecule has 2 aromatic rings. The molecule has 1 heterocycles. The number of benzene rings is 1. The molecule has 0 aliphatic rings. The first-order valence-electron chi connectivity index (χ1n) is 6.02. The molecule has 2 rings (SSSR count). The Hall–Kier alpha value is -1.33. The van der Waals surface area contributed by atoms with E-state index in [2.05, 4.69) is 10.3 Å². The number of nitrogens with one attached hydrogen (secondary N) is 1. The molecule has 0 bridgehead atoms. The quantitative estimate of drug-likeness (QED) is 0.916. The molecule has 5 heteroatoms. The van der Waals surface area contributed by atoms with Gasteiger partial charge in [0.25, 0.3) is 6.43 Å². The van der Waals surface area contributed by atoms with Crippen molar-refractivity contribution < 1.29 is 8.78 Å². The molecule has 1 aromatic heterocycles. The van der Waals surface area contributed by atoms with Crippen LogP contribution in [0.1, 0.15) is 39.2 Å². The van der Waals surface area contributed by atoms with Crippen molar-refractivity contribution in [2.45, 2.75) is 26.3 Å². The molecule has 1 atom stereocenters. The van der Waals surface area contributed by atoms with Crippen LogP contribution < -0.4 is 5.32 Å². The van der Waals surface area contributed by atoms with Gasteiger partial charge in [-0.15, -0.1) is 11.3 Å². The summed E-state index contributed by atoms with van der Waals surface area (Å²) >= 11 is 1.63. The summed E-state index contributed by atoms with van der Waals surface area (Å²) in [5, 5.41) is 4.14. The molecule has 2 nitrogen and oxygen atoms in total. The van der Waals surface area contributed by atoms with Crippen LogP contribution in [0.2, 0.25) is 0 Å². The summed E-state index contributed by atoms with van der Waals surface area (Å²) in [7, 11) is 1.84. The summed E-state index contributed by atoms with van der Waals surface area (Å²) in [6.45, 7) is 4.01. The topological polar surface area (TPSA) is 24.9 Å². The minimum atomic E-state index is -2.42. The minimum Gasteiger partial charge on any atom is -0.307 e. The van der Waals surface area contributed by atoms with Gasteiger partial charge in [-0.25, -0.2) is 13.8 Å². The number of alkyl halides is 2. The van der Waals surface area contributed by atoms with Crippen molar-refractivity contribution in [3.63, 3.8) is 0 Å². The molecule has 0 saturated carbocycles. The Morgan fingerprint density at radius 3 is 2.11 bits per heavy atom. The van der Waals surface area contributed by atoms with Gasteiger partial charge in [0.05, 0.1) is 11.7 Å². The molecule has 1 aromatic carbocycles. The standard InChI is InChI=1S/C14H16F2N2S/c1-8-9(2)19-14(18-8)12(17-3)10-4-6-11(7-5-10)13(15)16/h4-7,12-13,17H,1-3H3. The number of halogens is 2. The molecular weight excluding hydrogens is 266 g/mol. The number of thiazole rings is 1. The van der Waals surface area contributed by atoms with Crippen molar-refractivity contribution in [1.82, 2.24) is 10.3 Å². The average molecular weight is 282 g/mol. The first-order valence-corrected chi connectivity index (χ1v) is 6.83. The summed E-state index contributed by atoms with van der Waals surface area (Å²) in [6.07, 6.45) is -2.42. The van der Waals surface area contributed by atoms with Gasteiger partial charge < -0.3 is 5.32 Å². The van der Waals surface area contributed by atoms with Crippen molar-refractivity contribution in [3.05, 3.63) is 51.0 Å². The lowest BCUT2D eigenvalue weighted by molar-refractivity contribution is 0.151. The highest BCUT2D eigenvalue weighted by Crippen LogP contribution is 2.29. The van der Waals surface area contributed by atoms with Gasteiger partial charge in [-0.05, 0) is 26.5 Å². The molecule has 1 unspecified atom stereocenters. The normalized spacial score (nSPS) is 12.9. The van der Waals surface area contributed by atoms with E-state index in [1.165, 1.54) is 17.0 Å². The van der Waals surface area contributed by atoms with Crippen molar-refractivity contribution in [1.29, 1.82) is 0 Å². The molecule has 102 valence electrons. The largest absolute Gasteiger partial charge is 0.307 e. The van der Waals surface area contributed by atoms with Crippen LogP contribution in [0.25, 0.3) is 0 Å². The molecule has 0 spiro atoms. The molecule has 1 N–H and O–H groups in total. The number of hydrogen-bond donors (Lipinski definition) is 1. The van der Waals surface area contributed by atoms with Gasteiger partial charge in [-0.2, -0.15) is 0 Å². The summed E-state index contributed by atoms with van der Waals surface area (Å²) in [6, 6.07) is 6.35. The van der Waals surface area contributed by atoms with Crippen LogP contribution in [0.4, 0.5) is 8.78 Å². The summed E-state index contributed by atoms with van der Waals surface area (Å²) in [4.78, 5) is 5.70. The Morgan fingerprint density at radius 1 is 1.11 bits per heavy atom. The minimum absolute atomic E-state index is 0.0464. The fourth-order valence-corrected chi connectivity index (χ4v) is 2.95. The van der Waals surface area contributed by atoms with E-state index < -0.39 is 6.43 Å². The van der Waals surface area contributed by atoms with Crippen molar-refractivity contribution in [2.24, 2.45) is 0 Å². The van der Waals surface area contributed by atoms with Crippen molar-refractivity contribution >= 4 is 11.3 Å². The Labute approximate surface area is 115 Å². The van der Waals surface area contributed by atoms with Gasteiger partial charge in [0.1, 0.15) is 5.01 Å². The van der Waals surface area contributed by atoms with Crippen molar-refractivity contribution in [3.8, 4) is 0 Å². The van der Waals surface area contributed by atoms with Crippen LogP contribution in [0.15, 0.2) is 24.3 Å². The molecule has 0 aliphatic heterocycles. The van der Waals surface area contributed by atoms with E-state index >= 15 is 0 Å². The maximum atomic E-state index is 12.5. The third-order valence-electron chi connectivity index (χ3n) is 3.10. The first-order chi connectivity index (χ1) is 9.02. The second kappa shape index (κ2) is 5.75. The van der Waals surface area contributed by atoms with Gasteiger partial charge in [-0.3, -0.25) is 0 Å². The fourth-order valence-electron chi connectivity index (χ4n) is 1.89. The zero-order chi connectivity index (χ0) is 14.0. The predicted octanol–water partition coefficient (Wildman–Crippen LogP) is 4.01. The second-order valence-electron chi connectivity index (χ2n) is 4.38. The van der Waals surface area contributed by atoms with Gasteiger partial charge >= 0.3 is 0 Å². The van der Waals surface area contributed by atoms with Gasteiger partial charge in [0.15, 0.2) is 0 Å². The van der Waals surface area contributed by atoms with E-state index in [1.54, 1.807) is 23.5 Å². The van der Waals surface area contributed by atoms with E-state index in [-0.39, 0.29) is 11.6 Å². The summed E-state index contributed by atoms with van der Waals surface area (Å²) in [5.41, 5.74) is 2.01. The highest BCUT2D eigenvalue weighted by atomic mass is 32.1. The molecule has 0 radical (unpaired) electrons. The van der Waals surface area contributed by atoms with E-state index in [9.17, 15) is 8.78 Å². The molecule has 0 fully saturated rings. The smallest absolute Gasteiger partial charge is 0.263 e. The van der Waals surface area contributed by atoms with E-state index in [4.69, 9.17) is 0 Å².